The fraction of sp³-hybridized carbons (Fsp3) is 1.00. The van der Waals surface area contributed by atoms with Gasteiger partial charge in [-0.2, -0.15) is 0 Å². The van der Waals surface area contributed by atoms with Crippen LogP contribution >= 0.6 is 0 Å². The van der Waals surface area contributed by atoms with Gasteiger partial charge in [-0.15, -0.1) is 0 Å². The van der Waals surface area contributed by atoms with Gasteiger partial charge in [0.15, 0.2) is 0 Å². The van der Waals surface area contributed by atoms with Crippen molar-refractivity contribution in [1.82, 2.24) is 0 Å². The summed E-state index contributed by atoms with van der Waals surface area (Å²) in [6.07, 6.45) is 12.9. The highest BCUT2D eigenvalue weighted by molar-refractivity contribution is 5.13. The third-order valence-electron chi connectivity index (χ3n) is 10.4. The van der Waals surface area contributed by atoms with Gasteiger partial charge in [0.05, 0.1) is 11.7 Å². The van der Waals surface area contributed by atoms with Crippen molar-refractivity contribution in [2.75, 3.05) is 0 Å². The molecule has 0 aliphatic heterocycles. The Labute approximate surface area is 160 Å². The minimum absolute atomic E-state index is 0.131. The molecular formula is C24H40O2. The van der Waals surface area contributed by atoms with Gasteiger partial charge in [0.2, 0.25) is 0 Å². The Balaban J connectivity index is 1.45. The lowest BCUT2D eigenvalue weighted by atomic mass is 9.48. The molecule has 5 fully saturated rings. The summed E-state index contributed by atoms with van der Waals surface area (Å²) < 4.78 is 0. The number of hydrogen-bond donors (Lipinski definition) is 2. The third kappa shape index (κ3) is 2.43. The normalized spacial score (nSPS) is 59.9. The maximum Gasteiger partial charge on any atom is 0.0622 e. The Morgan fingerprint density at radius 3 is 2.27 bits per heavy atom. The van der Waals surface area contributed by atoms with Crippen molar-refractivity contribution in [2.45, 2.75) is 96.7 Å². The second-order valence-corrected chi connectivity index (χ2v) is 11.7. The molecule has 0 aromatic rings. The maximum atomic E-state index is 10.7. The number of aliphatic hydroxyl groups is 2. The van der Waals surface area contributed by atoms with Crippen molar-refractivity contribution in [2.24, 2.45) is 52.8 Å². The molecule has 0 aromatic heterocycles. The quantitative estimate of drug-likeness (QED) is 0.689. The molecular weight excluding hydrogens is 320 g/mol. The van der Waals surface area contributed by atoms with Gasteiger partial charge in [-0.25, -0.2) is 0 Å². The zero-order valence-electron chi connectivity index (χ0n) is 17.2. The lowest BCUT2D eigenvalue weighted by molar-refractivity contribution is -0.113. The molecule has 0 bridgehead atoms. The summed E-state index contributed by atoms with van der Waals surface area (Å²) in [6.45, 7) is 6.72. The molecule has 148 valence electrons. The number of aliphatic hydroxyl groups excluding tert-OH is 1. The van der Waals surface area contributed by atoms with Crippen molar-refractivity contribution in [1.29, 1.82) is 0 Å². The summed E-state index contributed by atoms with van der Waals surface area (Å²) >= 11 is 0. The lowest BCUT2D eigenvalue weighted by Gasteiger charge is -2.58. The SMILES string of the molecule is CC(O)C1[C@H]2CCC[C@H]2C2C3CCC4C[C@](C)(O)CC[C@@H]4[C@H]3CC[C@]12C. The van der Waals surface area contributed by atoms with Crippen LogP contribution in [-0.2, 0) is 0 Å². The Bertz CT molecular complexity index is 554. The predicted molar refractivity (Wildman–Crippen MR) is 105 cm³/mol. The molecule has 5 aliphatic carbocycles. The molecule has 5 unspecified atom stereocenters. The van der Waals surface area contributed by atoms with Crippen molar-refractivity contribution in [3.05, 3.63) is 0 Å². The Morgan fingerprint density at radius 1 is 0.808 bits per heavy atom. The Kier molecular flexibility index (Phi) is 4.12. The minimum atomic E-state index is -0.404. The molecule has 0 radical (unpaired) electrons. The first-order chi connectivity index (χ1) is 12.3. The van der Waals surface area contributed by atoms with Crippen LogP contribution in [-0.4, -0.2) is 21.9 Å². The summed E-state index contributed by atoms with van der Waals surface area (Å²) in [4.78, 5) is 0. The second kappa shape index (κ2) is 5.96. The molecule has 5 aliphatic rings. The molecule has 0 heterocycles. The van der Waals surface area contributed by atoms with Crippen LogP contribution in [0.25, 0.3) is 0 Å². The van der Waals surface area contributed by atoms with E-state index < -0.39 is 5.60 Å². The van der Waals surface area contributed by atoms with Gasteiger partial charge in [-0.05, 0) is 124 Å². The summed E-state index contributed by atoms with van der Waals surface area (Å²) in [5, 5.41) is 21.3. The van der Waals surface area contributed by atoms with Gasteiger partial charge in [-0.1, -0.05) is 13.3 Å². The van der Waals surface area contributed by atoms with Gasteiger partial charge < -0.3 is 10.2 Å². The van der Waals surface area contributed by atoms with Crippen LogP contribution < -0.4 is 0 Å². The standard InChI is InChI=1S/C24H40O2/c1-14(25)21-18-5-4-6-19(18)22-20-8-7-15-13-23(2,26)11-9-16(15)17(20)10-12-24(21,22)3/h14-22,25-26H,4-13H2,1-3H3/t14?,15?,16-,17+,18-,19+,20?,21?,22?,23+,24+/m0/s1. The van der Waals surface area contributed by atoms with E-state index in [1.165, 1.54) is 51.4 Å². The third-order valence-corrected chi connectivity index (χ3v) is 10.4. The minimum Gasteiger partial charge on any atom is -0.393 e. The molecule has 0 spiro atoms. The van der Waals surface area contributed by atoms with E-state index in [-0.39, 0.29) is 6.10 Å². The van der Waals surface area contributed by atoms with Crippen LogP contribution in [0.15, 0.2) is 0 Å². The second-order valence-electron chi connectivity index (χ2n) is 11.7. The summed E-state index contributed by atoms with van der Waals surface area (Å²) in [7, 11) is 0. The van der Waals surface area contributed by atoms with Crippen molar-refractivity contribution in [3.63, 3.8) is 0 Å². The monoisotopic (exact) mass is 360 g/mol. The first kappa shape index (κ1) is 18.0. The molecule has 0 aromatic carbocycles. The molecule has 26 heavy (non-hydrogen) atoms. The average molecular weight is 361 g/mol. The van der Waals surface area contributed by atoms with Crippen LogP contribution in [0.2, 0.25) is 0 Å². The largest absolute Gasteiger partial charge is 0.393 e. The van der Waals surface area contributed by atoms with E-state index in [4.69, 9.17) is 0 Å². The highest BCUT2D eigenvalue weighted by Crippen LogP contribution is 2.70. The van der Waals surface area contributed by atoms with Crippen LogP contribution in [0.5, 0.6) is 0 Å². The van der Waals surface area contributed by atoms with E-state index in [0.717, 1.165) is 54.3 Å². The van der Waals surface area contributed by atoms with Crippen molar-refractivity contribution >= 4 is 0 Å². The Hall–Kier alpha value is -0.0800. The smallest absolute Gasteiger partial charge is 0.0622 e. The molecule has 2 heteroatoms. The van der Waals surface area contributed by atoms with E-state index in [1.54, 1.807) is 0 Å². The summed E-state index contributed by atoms with van der Waals surface area (Å²) in [6, 6.07) is 0. The van der Waals surface area contributed by atoms with Crippen LogP contribution in [0.4, 0.5) is 0 Å². The van der Waals surface area contributed by atoms with E-state index in [1.807, 2.05) is 0 Å². The molecule has 5 rings (SSSR count). The zero-order chi connectivity index (χ0) is 18.3. The van der Waals surface area contributed by atoms with Gasteiger partial charge >= 0.3 is 0 Å². The van der Waals surface area contributed by atoms with Crippen molar-refractivity contribution in [3.8, 4) is 0 Å². The average Bonchev–Trinajstić information content (AvgIpc) is 3.10. The van der Waals surface area contributed by atoms with Gasteiger partial charge in [0.25, 0.3) is 0 Å². The molecule has 11 atom stereocenters. The molecule has 2 nitrogen and oxygen atoms in total. The fourth-order valence-corrected chi connectivity index (χ4v) is 9.86. The highest BCUT2D eigenvalue weighted by Gasteiger charge is 2.65. The Morgan fingerprint density at radius 2 is 1.50 bits per heavy atom. The molecule has 2 N–H and O–H groups in total. The maximum absolute atomic E-state index is 10.7. The van der Waals surface area contributed by atoms with Crippen LogP contribution in [0.1, 0.15) is 85.0 Å². The summed E-state index contributed by atoms with van der Waals surface area (Å²) in [5.41, 5.74) is -0.0173. The van der Waals surface area contributed by atoms with E-state index >= 15 is 0 Å². The molecule has 0 saturated heterocycles. The lowest BCUT2D eigenvalue weighted by Crippen LogP contribution is -2.52. The van der Waals surface area contributed by atoms with Gasteiger partial charge in [0.1, 0.15) is 0 Å². The van der Waals surface area contributed by atoms with E-state index in [2.05, 4.69) is 20.8 Å². The molecule has 5 saturated carbocycles. The molecule has 0 amide bonds. The number of fused-ring (bicyclic) bond motifs is 7. The fourth-order valence-electron chi connectivity index (χ4n) is 9.86. The van der Waals surface area contributed by atoms with Gasteiger partial charge in [0, 0.05) is 0 Å². The highest BCUT2D eigenvalue weighted by atomic mass is 16.3. The van der Waals surface area contributed by atoms with Crippen LogP contribution in [0, 0.1) is 52.8 Å². The number of hydrogen-bond acceptors (Lipinski definition) is 2. The predicted octanol–water partition coefficient (Wildman–Crippen LogP) is 5.02. The number of rotatable bonds is 1. The first-order valence-electron chi connectivity index (χ1n) is 11.7. The van der Waals surface area contributed by atoms with Crippen LogP contribution in [0.3, 0.4) is 0 Å². The van der Waals surface area contributed by atoms with Gasteiger partial charge in [-0.3, -0.25) is 0 Å². The van der Waals surface area contributed by atoms with E-state index in [9.17, 15) is 10.2 Å². The topological polar surface area (TPSA) is 40.5 Å². The van der Waals surface area contributed by atoms with E-state index in [0.29, 0.717) is 11.3 Å². The zero-order valence-corrected chi connectivity index (χ0v) is 17.2. The van der Waals surface area contributed by atoms with Crippen molar-refractivity contribution < 1.29 is 10.2 Å². The summed E-state index contributed by atoms with van der Waals surface area (Å²) in [5.74, 6) is 6.60. The first-order valence-corrected chi connectivity index (χ1v) is 11.7.